The zero-order valence-corrected chi connectivity index (χ0v) is 43.4. The Hall–Kier alpha value is -7.50. The molecular weight excluding hydrogens is 1000 g/mol. The van der Waals surface area contributed by atoms with E-state index in [2.05, 4.69) is 10.7 Å². The van der Waals surface area contributed by atoms with Gasteiger partial charge >= 0.3 is 36.1 Å². The number of aliphatic imine (C=N–C) groups is 1. The van der Waals surface area contributed by atoms with Gasteiger partial charge in [-0.1, -0.05) is 66.7 Å². The van der Waals surface area contributed by atoms with Gasteiger partial charge in [0, 0.05) is 33.3 Å². The van der Waals surface area contributed by atoms with Crippen LogP contribution in [-0.2, 0) is 72.0 Å². The van der Waals surface area contributed by atoms with Crippen molar-refractivity contribution in [3.8, 4) is 28.4 Å². The largest absolute Gasteiger partial charge is 0.493 e. The number of methoxy groups -OCH3 is 3. The zero-order valence-electron chi connectivity index (χ0n) is 41.7. The topological polar surface area (TPSA) is 251 Å². The average molecular weight is 1060 g/mol. The lowest BCUT2D eigenvalue weighted by Gasteiger charge is -2.44. The molecule has 4 aromatic rings. The Bertz CT molecular complexity index is 2770. The fourth-order valence-electron chi connectivity index (χ4n) is 8.08. The van der Waals surface area contributed by atoms with Crippen LogP contribution in [0.5, 0.6) is 17.2 Å². The summed E-state index contributed by atoms with van der Waals surface area (Å²) in [5, 5.41) is 2.81. The van der Waals surface area contributed by atoms with Gasteiger partial charge in [0.25, 0.3) is 0 Å². The lowest BCUT2D eigenvalue weighted by molar-refractivity contribution is -0.254. The zero-order chi connectivity index (χ0) is 53.5. The number of ether oxygens (including phenoxy) is 10. The smallest absolute Gasteiger partial charge is 0.440 e. The van der Waals surface area contributed by atoms with Gasteiger partial charge in [-0.25, -0.2) is 15.0 Å². The molecule has 4 aromatic carbocycles. The molecule has 1 heterocycles. The summed E-state index contributed by atoms with van der Waals surface area (Å²) in [7, 11) is 4.43. The third-order valence-electron chi connectivity index (χ3n) is 11.2. The Labute approximate surface area is 434 Å². The molecule has 2 N–H and O–H groups in total. The molecule has 0 saturated carbocycles. The highest BCUT2D eigenvalue weighted by Crippen LogP contribution is 2.51. The molecule has 21 nitrogen and oxygen atoms in total. The number of amidine groups is 1. The summed E-state index contributed by atoms with van der Waals surface area (Å²) in [5.41, 5.74) is 5.53. The van der Waals surface area contributed by atoms with Gasteiger partial charge in [-0.05, 0) is 65.1 Å². The molecule has 1 aliphatic carbocycles. The number of nitrogens with one attached hydrogen (secondary N) is 2. The normalized spacial score (nSPS) is 18.8. The first kappa shape index (κ1) is 55.8. The molecule has 0 bridgehead atoms. The van der Waals surface area contributed by atoms with Gasteiger partial charge in [-0.2, -0.15) is 0 Å². The second-order valence-corrected chi connectivity index (χ2v) is 18.1. The molecular formula is C51H56N4O17S2. The minimum absolute atomic E-state index is 0.173. The number of thioether (sulfide) groups is 1. The van der Waals surface area contributed by atoms with Crippen molar-refractivity contribution in [3.05, 3.63) is 117 Å². The molecule has 0 radical (unpaired) electrons. The summed E-state index contributed by atoms with van der Waals surface area (Å²) in [6.45, 7) is 3.37. The molecule has 74 heavy (non-hydrogen) atoms. The number of fused-ring (bicyclic) bond motifs is 3. The Morgan fingerprint density at radius 2 is 1.32 bits per heavy atom. The molecule has 6 rings (SSSR count). The monoisotopic (exact) mass is 1060 g/mol. The summed E-state index contributed by atoms with van der Waals surface area (Å²) in [4.78, 5) is 98.1. The molecule has 0 spiro atoms. The van der Waals surface area contributed by atoms with E-state index in [0.29, 0.717) is 60.6 Å². The third kappa shape index (κ3) is 14.6. The molecule has 6 atom stereocenters. The van der Waals surface area contributed by atoms with E-state index < -0.39 is 79.4 Å². The minimum Gasteiger partial charge on any atom is -0.493 e. The predicted octanol–water partition coefficient (Wildman–Crippen LogP) is 6.61. The summed E-state index contributed by atoms with van der Waals surface area (Å²) in [6.07, 6.45) is -7.85. The molecule has 1 aliphatic heterocycles. The number of hydrazine groups is 1. The summed E-state index contributed by atoms with van der Waals surface area (Å²) >= 11 is 1.70. The van der Waals surface area contributed by atoms with Gasteiger partial charge in [-0.15, -0.1) is 16.2 Å². The molecule has 6 unspecified atom stereocenters. The Morgan fingerprint density at radius 1 is 0.716 bits per heavy atom. The van der Waals surface area contributed by atoms with Gasteiger partial charge in [-0.3, -0.25) is 29.0 Å². The van der Waals surface area contributed by atoms with E-state index in [4.69, 9.17) is 52.4 Å². The number of hydrogen-bond acceptors (Lipinski definition) is 20. The van der Waals surface area contributed by atoms with E-state index in [1.54, 1.807) is 85.1 Å². The SMILES string of the molecule is COc1cc2c(c(OC)c1OC)-c1ccc(SC)c(=O)cc1C(N=C(NC1OC(COC(C)=O)C(OC(C)=O)C(OC(C)=O)C1OC(C)=O)SN(NC(=O)OCc1ccccc1)C(=O)OCc1ccccc1)CC2. The second-order valence-electron chi connectivity index (χ2n) is 16.3. The lowest BCUT2D eigenvalue weighted by atomic mass is 9.95. The van der Waals surface area contributed by atoms with Crippen molar-refractivity contribution >= 4 is 64.9 Å². The van der Waals surface area contributed by atoms with Crippen molar-refractivity contribution in [1.29, 1.82) is 0 Å². The predicted molar refractivity (Wildman–Crippen MR) is 269 cm³/mol. The molecule has 1 fully saturated rings. The van der Waals surface area contributed by atoms with Crippen molar-refractivity contribution < 1.29 is 76.1 Å². The highest BCUT2D eigenvalue weighted by Gasteiger charge is 2.53. The second kappa shape index (κ2) is 26.5. The fraction of sp³-hybridized carbons (Fsp3) is 0.373. The number of esters is 4. The van der Waals surface area contributed by atoms with Gasteiger partial charge in [0.2, 0.25) is 5.75 Å². The maximum Gasteiger partial charge on any atom is 0.440 e. The first-order chi connectivity index (χ1) is 35.5. The van der Waals surface area contributed by atoms with Crippen LogP contribution >= 0.6 is 23.7 Å². The summed E-state index contributed by atoms with van der Waals surface area (Å²) in [6, 6.07) is 23.2. The first-order valence-corrected chi connectivity index (χ1v) is 24.9. The number of carbonyl (C=O) groups is 6. The van der Waals surface area contributed by atoms with Crippen molar-refractivity contribution in [1.82, 2.24) is 15.2 Å². The van der Waals surface area contributed by atoms with Crippen LogP contribution in [0.2, 0.25) is 0 Å². The van der Waals surface area contributed by atoms with E-state index in [1.807, 2.05) is 0 Å². The van der Waals surface area contributed by atoms with Crippen LogP contribution in [-0.4, -0.2) is 110 Å². The van der Waals surface area contributed by atoms with E-state index in [0.717, 1.165) is 33.3 Å². The van der Waals surface area contributed by atoms with Crippen LogP contribution in [0.4, 0.5) is 9.59 Å². The average Bonchev–Trinajstić information content (AvgIpc) is 3.62. The standard InChI is InChI=1S/C51H56N4O17S2/c1-28(56)66-27-40-44(69-29(2)57)46(70-30(3)58)47(71-31(4)59)48(72-40)53-49(74-55(51(62)68-26-33-17-13-10-14-18-33)54-50(61)67-25-32-15-11-9-12-16-32)52-37-21-19-34-23-39(63-5)43(64-6)45(65-7)42(34)35-20-22-41(73-8)38(60)24-36(35)37/h9-18,20,22-24,37,40,44,46-48H,19,21,25-27H2,1-8H3,(H,52,53)(H,54,61). The number of nitrogens with zero attached hydrogens (tertiary/aromatic N) is 2. The lowest BCUT2D eigenvalue weighted by Crippen LogP contribution is -2.66. The van der Waals surface area contributed by atoms with E-state index in [-0.39, 0.29) is 42.4 Å². The van der Waals surface area contributed by atoms with Gasteiger partial charge < -0.3 is 52.7 Å². The maximum absolute atomic E-state index is 14.3. The molecule has 23 heteroatoms. The Balaban J connectivity index is 1.56. The summed E-state index contributed by atoms with van der Waals surface area (Å²) in [5.74, 6) is -2.39. The van der Waals surface area contributed by atoms with Crippen molar-refractivity contribution in [2.24, 2.45) is 4.99 Å². The number of carbonyl (C=O) groups excluding carboxylic acids is 6. The third-order valence-corrected chi connectivity index (χ3v) is 12.8. The Kier molecular flexibility index (Phi) is 19.9. The van der Waals surface area contributed by atoms with Crippen molar-refractivity contribution in [3.63, 3.8) is 0 Å². The Morgan fingerprint density at radius 3 is 1.91 bits per heavy atom. The van der Waals surface area contributed by atoms with Crippen LogP contribution in [0.3, 0.4) is 0 Å². The van der Waals surface area contributed by atoms with Crippen molar-refractivity contribution in [2.75, 3.05) is 34.2 Å². The number of benzene rings is 3. The van der Waals surface area contributed by atoms with Crippen LogP contribution in [0, 0.1) is 0 Å². The maximum atomic E-state index is 14.3. The van der Waals surface area contributed by atoms with Gasteiger partial charge in [0.15, 0.2) is 46.6 Å². The van der Waals surface area contributed by atoms with Crippen LogP contribution in [0.25, 0.3) is 11.1 Å². The molecule has 0 aromatic heterocycles. The summed E-state index contributed by atoms with van der Waals surface area (Å²) < 4.78 is 58.2. The number of aryl methyl sites for hydroxylation is 1. The van der Waals surface area contributed by atoms with E-state index >= 15 is 0 Å². The highest BCUT2D eigenvalue weighted by atomic mass is 32.2. The number of hydrogen-bond donors (Lipinski definition) is 2. The number of amides is 2. The fourth-order valence-corrected chi connectivity index (χ4v) is 9.31. The van der Waals surface area contributed by atoms with E-state index in [1.165, 1.54) is 39.2 Å². The quantitative estimate of drug-likeness (QED) is 0.0242. The van der Waals surface area contributed by atoms with Crippen molar-refractivity contribution in [2.45, 2.75) is 95.3 Å². The first-order valence-electron chi connectivity index (χ1n) is 22.9. The van der Waals surface area contributed by atoms with Crippen LogP contribution < -0.4 is 30.4 Å². The van der Waals surface area contributed by atoms with Gasteiger partial charge in [0.05, 0.1) is 44.2 Å². The highest BCUT2D eigenvalue weighted by molar-refractivity contribution is 8.12. The molecule has 2 aliphatic rings. The van der Waals surface area contributed by atoms with Crippen LogP contribution in [0.15, 0.2) is 99.6 Å². The van der Waals surface area contributed by atoms with E-state index in [9.17, 15) is 33.6 Å². The molecule has 2 amide bonds. The van der Waals surface area contributed by atoms with Gasteiger partial charge in [0.1, 0.15) is 25.9 Å². The minimum atomic E-state index is -1.66. The number of rotatable bonds is 15. The molecule has 1 saturated heterocycles. The van der Waals surface area contributed by atoms with Crippen LogP contribution in [0.1, 0.15) is 62.4 Å². The molecule has 394 valence electrons.